The Hall–Kier alpha value is -0.380. The molecule has 0 amide bonds. The highest BCUT2D eigenvalue weighted by molar-refractivity contribution is 6.41. The van der Waals surface area contributed by atoms with Crippen molar-refractivity contribution >= 4 is 23.2 Å². The molecule has 94 valence electrons. The van der Waals surface area contributed by atoms with Gasteiger partial charge >= 0.3 is 0 Å². The average molecular weight is 274 g/mol. The van der Waals surface area contributed by atoms with E-state index in [0.717, 1.165) is 18.7 Å². The van der Waals surface area contributed by atoms with Crippen molar-refractivity contribution in [3.05, 3.63) is 21.9 Å². The SMILES string of the molecule is CCN1CCC(Cc2cc(Cl)c(Cl)nn2)CC1. The molecule has 0 unspecified atom stereocenters. The van der Waals surface area contributed by atoms with E-state index < -0.39 is 0 Å². The molecule has 0 N–H and O–H groups in total. The lowest BCUT2D eigenvalue weighted by Gasteiger charge is -2.30. The lowest BCUT2D eigenvalue weighted by atomic mass is 9.92. The highest BCUT2D eigenvalue weighted by Gasteiger charge is 2.19. The van der Waals surface area contributed by atoms with E-state index in [1.807, 2.05) is 6.07 Å². The van der Waals surface area contributed by atoms with Gasteiger partial charge in [-0.1, -0.05) is 30.1 Å². The summed E-state index contributed by atoms with van der Waals surface area (Å²) in [4.78, 5) is 2.48. The fourth-order valence-corrected chi connectivity index (χ4v) is 2.55. The first kappa shape index (κ1) is 13.1. The fraction of sp³-hybridized carbons (Fsp3) is 0.667. The van der Waals surface area contributed by atoms with E-state index in [1.165, 1.54) is 25.9 Å². The van der Waals surface area contributed by atoms with Crippen LogP contribution < -0.4 is 0 Å². The molecule has 0 saturated carbocycles. The van der Waals surface area contributed by atoms with Crippen LogP contribution in [0.3, 0.4) is 0 Å². The van der Waals surface area contributed by atoms with Gasteiger partial charge in [-0.05, 0) is 50.9 Å². The average Bonchev–Trinajstić information content (AvgIpc) is 2.35. The predicted octanol–water partition coefficient (Wildman–Crippen LogP) is 3.06. The molecule has 17 heavy (non-hydrogen) atoms. The van der Waals surface area contributed by atoms with Crippen LogP contribution in [0.1, 0.15) is 25.5 Å². The molecule has 1 aliphatic heterocycles. The Bertz CT molecular complexity index is 376. The normalized spacial score (nSPS) is 18.5. The molecule has 0 aromatic carbocycles. The van der Waals surface area contributed by atoms with Crippen LogP contribution in [0.25, 0.3) is 0 Å². The Morgan fingerprint density at radius 1 is 1.29 bits per heavy atom. The van der Waals surface area contributed by atoms with E-state index in [2.05, 4.69) is 22.0 Å². The molecule has 1 aliphatic rings. The summed E-state index contributed by atoms with van der Waals surface area (Å²) in [6.07, 6.45) is 3.42. The molecule has 5 heteroatoms. The Balaban J connectivity index is 1.91. The van der Waals surface area contributed by atoms with Gasteiger partial charge < -0.3 is 4.90 Å². The standard InChI is InChI=1S/C12H17Cl2N3/c1-2-17-5-3-9(4-6-17)7-10-8-11(13)12(14)16-15-10/h8-9H,2-7H2,1H3. The quantitative estimate of drug-likeness (QED) is 0.848. The molecule has 1 aromatic rings. The first-order valence-corrected chi connectivity index (χ1v) is 6.84. The molecule has 0 atom stereocenters. The van der Waals surface area contributed by atoms with Gasteiger partial charge in [0.25, 0.3) is 0 Å². The first-order valence-electron chi connectivity index (χ1n) is 6.09. The molecule has 0 radical (unpaired) electrons. The monoisotopic (exact) mass is 273 g/mol. The van der Waals surface area contributed by atoms with Gasteiger partial charge in [0.1, 0.15) is 0 Å². The van der Waals surface area contributed by atoms with E-state index in [1.54, 1.807) is 0 Å². The minimum atomic E-state index is 0.288. The van der Waals surface area contributed by atoms with E-state index in [-0.39, 0.29) is 5.15 Å². The first-order chi connectivity index (χ1) is 8.19. The third-order valence-electron chi connectivity index (χ3n) is 3.41. The van der Waals surface area contributed by atoms with Crippen LogP contribution in [0.2, 0.25) is 10.2 Å². The summed E-state index contributed by atoms with van der Waals surface area (Å²) < 4.78 is 0. The van der Waals surface area contributed by atoms with E-state index in [0.29, 0.717) is 10.9 Å². The van der Waals surface area contributed by atoms with Crippen LogP contribution in [0.5, 0.6) is 0 Å². The van der Waals surface area contributed by atoms with Crippen molar-refractivity contribution in [2.75, 3.05) is 19.6 Å². The van der Waals surface area contributed by atoms with Crippen molar-refractivity contribution in [2.45, 2.75) is 26.2 Å². The minimum absolute atomic E-state index is 0.288. The zero-order valence-electron chi connectivity index (χ0n) is 9.99. The number of likely N-dealkylation sites (tertiary alicyclic amines) is 1. The summed E-state index contributed by atoms with van der Waals surface area (Å²) >= 11 is 11.7. The second-order valence-corrected chi connectivity index (χ2v) is 5.32. The number of piperidine rings is 1. The molecule has 2 rings (SSSR count). The van der Waals surface area contributed by atoms with Crippen molar-refractivity contribution in [2.24, 2.45) is 5.92 Å². The molecular formula is C12H17Cl2N3. The molecule has 1 aromatic heterocycles. The lowest BCUT2D eigenvalue weighted by Crippen LogP contribution is -2.34. The van der Waals surface area contributed by atoms with Crippen LogP contribution in [0.15, 0.2) is 6.07 Å². The number of halogens is 2. The van der Waals surface area contributed by atoms with Crippen molar-refractivity contribution in [1.82, 2.24) is 15.1 Å². The van der Waals surface area contributed by atoms with Gasteiger partial charge in [-0.2, -0.15) is 5.10 Å². The number of aromatic nitrogens is 2. The minimum Gasteiger partial charge on any atom is -0.304 e. The largest absolute Gasteiger partial charge is 0.304 e. The molecule has 2 heterocycles. The number of rotatable bonds is 3. The summed E-state index contributed by atoms with van der Waals surface area (Å²) in [6, 6.07) is 1.84. The molecule has 0 aliphatic carbocycles. The predicted molar refractivity (Wildman–Crippen MR) is 70.6 cm³/mol. The molecule has 0 spiro atoms. The fourth-order valence-electron chi connectivity index (χ4n) is 2.29. The van der Waals surface area contributed by atoms with Crippen LogP contribution >= 0.6 is 23.2 Å². The summed E-state index contributed by atoms with van der Waals surface area (Å²) in [6.45, 7) is 5.75. The molecule has 1 fully saturated rings. The zero-order chi connectivity index (χ0) is 12.3. The second-order valence-electron chi connectivity index (χ2n) is 4.56. The van der Waals surface area contributed by atoms with Gasteiger partial charge in [-0.15, -0.1) is 5.10 Å². The molecule has 0 bridgehead atoms. The van der Waals surface area contributed by atoms with Gasteiger partial charge in [0.15, 0.2) is 5.15 Å². The summed E-state index contributed by atoms with van der Waals surface area (Å²) in [5.74, 6) is 0.698. The van der Waals surface area contributed by atoms with Crippen molar-refractivity contribution in [1.29, 1.82) is 0 Å². The Kier molecular flexibility index (Phi) is 4.60. The van der Waals surface area contributed by atoms with E-state index >= 15 is 0 Å². The van der Waals surface area contributed by atoms with Gasteiger partial charge in [-0.25, -0.2) is 0 Å². The summed E-state index contributed by atoms with van der Waals surface area (Å²) in [5.41, 5.74) is 0.953. The van der Waals surface area contributed by atoms with Crippen molar-refractivity contribution in [3.63, 3.8) is 0 Å². The van der Waals surface area contributed by atoms with Crippen LogP contribution in [0.4, 0.5) is 0 Å². The van der Waals surface area contributed by atoms with Crippen LogP contribution in [-0.2, 0) is 6.42 Å². The van der Waals surface area contributed by atoms with E-state index in [4.69, 9.17) is 23.2 Å². The highest BCUT2D eigenvalue weighted by Crippen LogP contribution is 2.23. The number of hydrogen-bond acceptors (Lipinski definition) is 3. The molecule has 1 saturated heterocycles. The Morgan fingerprint density at radius 3 is 2.59 bits per heavy atom. The zero-order valence-corrected chi connectivity index (χ0v) is 11.5. The maximum atomic E-state index is 5.93. The topological polar surface area (TPSA) is 29.0 Å². The summed E-state index contributed by atoms with van der Waals surface area (Å²) in [7, 11) is 0. The molecular weight excluding hydrogens is 257 g/mol. The Labute approximate surface area is 112 Å². The van der Waals surface area contributed by atoms with Crippen molar-refractivity contribution in [3.8, 4) is 0 Å². The van der Waals surface area contributed by atoms with Gasteiger partial charge in [0, 0.05) is 0 Å². The van der Waals surface area contributed by atoms with Crippen LogP contribution in [0, 0.1) is 5.92 Å². The molecule has 3 nitrogen and oxygen atoms in total. The second kappa shape index (κ2) is 5.98. The lowest BCUT2D eigenvalue weighted by molar-refractivity contribution is 0.191. The third-order valence-corrected chi connectivity index (χ3v) is 4.07. The van der Waals surface area contributed by atoms with Gasteiger partial charge in [-0.3, -0.25) is 0 Å². The van der Waals surface area contributed by atoms with Crippen LogP contribution in [-0.4, -0.2) is 34.7 Å². The number of hydrogen-bond donors (Lipinski definition) is 0. The van der Waals surface area contributed by atoms with E-state index in [9.17, 15) is 0 Å². The number of nitrogens with zero attached hydrogens (tertiary/aromatic N) is 3. The van der Waals surface area contributed by atoms with Gasteiger partial charge in [0.05, 0.1) is 10.7 Å². The smallest absolute Gasteiger partial charge is 0.170 e. The van der Waals surface area contributed by atoms with Crippen molar-refractivity contribution < 1.29 is 0 Å². The van der Waals surface area contributed by atoms with Gasteiger partial charge in [0.2, 0.25) is 0 Å². The highest BCUT2D eigenvalue weighted by atomic mass is 35.5. The third kappa shape index (κ3) is 3.54. The maximum Gasteiger partial charge on any atom is 0.170 e. The maximum absolute atomic E-state index is 5.93. The summed E-state index contributed by atoms with van der Waals surface area (Å²) in [5, 5.41) is 8.73. The Morgan fingerprint density at radius 2 is 2.00 bits per heavy atom.